The molecule has 0 rings (SSSR count). The molecule has 0 bridgehead atoms. The molecule has 0 amide bonds. The third-order valence-corrected chi connectivity index (χ3v) is 3.11. The molecule has 0 saturated heterocycles. The van der Waals surface area contributed by atoms with Gasteiger partial charge in [-0.3, -0.25) is 0 Å². The molecular weight excluding hydrogens is 160 g/mol. The van der Waals surface area contributed by atoms with Gasteiger partial charge in [0, 0.05) is 6.61 Å². The van der Waals surface area contributed by atoms with Crippen LogP contribution in [-0.2, 0) is 0 Å². The summed E-state index contributed by atoms with van der Waals surface area (Å²) in [5.41, 5.74) is 0. The van der Waals surface area contributed by atoms with Crippen molar-refractivity contribution in [2.45, 2.75) is 53.4 Å². The Morgan fingerprint density at radius 1 is 0.923 bits per heavy atom. The zero-order valence-electron chi connectivity index (χ0n) is 9.71. The lowest BCUT2D eigenvalue weighted by atomic mass is 9.89. The molecule has 0 heterocycles. The van der Waals surface area contributed by atoms with Gasteiger partial charge in [0.2, 0.25) is 0 Å². The van der Waals surface area contributed by atoms with Crippen LogP contribution in [0.1, 0.15) is 53.4 Å². The summed E-state index contributed by atoms with van der Waals surface area (Å²) in [4.78, 5) is 0. The van der Waals surface area contributed by atoms with Crippen LogP contribution in [-0.4, -0.2) is 11.7 Å². The lowest BCUT2D eigenvalue weighted by Crippen LogP contribution is -2.06. The molecule has 0 fully saturated rings. The smallest absolute Gasteiger partial charge is 0.0431 e. The minimum absolute atomic E-state index is 0.351. The maximum absolute atomic E-state index is 8.68. The van der Waals surface area contributed by atoms with Crippen LogP contribution in [0.15, 0.2) is 0 Å². The number of hydrogen-bond donors (Lipinski definition) is 1. The Morgan fingerprint density at radius 3 is 2.00 bits per heavy atom. The minimum atomic E-state index is 0.351. The lowest BCUT2D eigenvalue weighted by Gasteiger charge is -2.17. The minimum Gasteiger partial charge on any atom is -0.396 e. The Bertz CT molecular complexity index is 110. The summed E-state index contributed by atoms with van der Waals surface area (Å²) in [6.07, 6.45) is 4.81. The average molecular weight is 186 g/mol. The van der Waals surface area contributed by atoms with Crippen molar-refractivity contribution in [3.63, 3.8) is 0 Å². The number of aliphatic hydroxyl groups is 1. The van der Waals surface area contributed by atoms with E-state index in [1.54, 1.807) is 0 Å². The normalized spacial score (nSPS) is 16.2. The van der Waals surface area contributed by atoms with E-state index >= 15 is 0 Å². The molecule has 0 aromatic rings. The highest BCUT2D eigenvalue weighted by atomic mass is 16.2. The summed E-state index contributed by atoms with van der Waals surface area (Å²) >= 11 is 0. The molecule has 2 unspecified atom stereocenters. The average Bonchev–Trinajstić information content (AvgIpc) is 2.10. The predicted molar refractivity (Wildman–Crippen MR) is 58.7 cm³/mol. The van der Waals surface area contributed by atoms with Crippen molar-refractivity contribution in [2.24, 2.45) is 17.8 Å². The molecular formula is C12H26O. The van der Waals surface area contributed by atoms with E-state index in [4.69, 9.17) is 5.11 Å². The fraction of sp³-hybridized carbons (Fsp3) is 1.00. The van der Waals surface area contributed by atoms with E-state index in [1.165, 1.54) is 19.3 Å². The third kappa shape index (κ3) is 7.06. The Balaban J connectivity index is 3.40. The fourth-order valence-corrected chi connectivity index (χ4v) is 1.46. The van der Waals surface area contributed by atoms with E-state index < -0.39 is 0 Å². The van der Waals surface area contributed by atoms with Crippen LogP contribution in [0, 0.1) is 17.8 Å². The first-order chi connectivity index (χ1) is 6.07. The van der Waals surface area contributed by atoms with Crippen molar-refractivity contribution >= 4 is 0 Å². The highest BCUT2D eigenvalue weighted by Gasteiger charge is 2.09. The molecule has 0 spiro atoms. The maximum atomic E-state index is 8.68. The zero-order chi connectivity index (χ0) is 10.3. The van der Waals surface area contributed by atoms with Gasteiger partial charge in [-0.2, -0.15) is 0 Å². The highest BCUT2D eigenvalue weighted by molar-refractivity contribution is 4.61. The van der Waals surface area contributed by atoms with E-state index in [-0.39, 0.29) is 0 Å². The summed E-state index contributed by atoms with van der Waals surface area (Å²) in [5.74, 6) is 2.44. The van der Waals surface area contributed by atoms with E-state index in [2.05, 4.69) is 27.7 Å². The van der Waals surface area contributed by atoms with E-state index in [9.17, 15) is 0 Å². The van der Waals surface area contributed by atoms with Gasteiger partial charge in [-0.05, 0) is 30.6 Å². The molecule has 0 saturated carbocycles. The van der Waals surface area contributed by atoms with Crippen LogP contribution in [0.25, 0.3) is 0 Å². The van der Waals surface area contributed by atoms with Crippen molar-refractivity contribution in [3.05, 3.63) is 0 Å². The first-order valence-corrected chi connectivity index (χ1v) is 5.68. The zero-order valence-corrected chi connectivity index (χ0v) is 9.71. The summed E-state index contributed by atoms with van der Waals surface area (Å²) in [6, 6.07) is 0. The number of aliphatic hydroxyl groups excluding tert-OH is 1. The summed E-state index contributed by atoms with van der Waals surface area (Å²) < 4.78 is 0. The van der Waals surface area contributed by atoms with Gasteiger partial charge in [0.25, 0.3) is 0 Å². The summed E-state index contributed by atoms with van der Waals surface area (Å²) in [7, 11) is 0. The molecule has 0 aromatic heterocycles. The van der Waals surface area contributed by atoms with Crippen LogP contribution in [0.5, 0.6) is 0 Å². The topological polar surface area (TPSA) is 20.2 Å². The molecule has 1 nitrogen and oxygen atoms in total. The van der Waals surface area contributed by atoms with Crippen molar-refractivity contribution in [3.8, 4) is 0 Å². The molecule has 0 aliphatic heterocycles. The largest absolute Gasteiger partial charge is 0.396 e. The number of rotatable bonds is 7. The van der Waals surface area contributed by atoms with Gasteiger partial charge in [-0.1, -0.05) is 40.5 Å². The maximum Gasteiger partial charge on any atom is 0.0431 e. The SMILES string of the molecule is CC(CCCO)CCC(C)C(C)C. The van der Waals surface area contributed by atoms with Gasteiger partial charge in [0.1, 0.15) is 0 Å². The van der Waals surface area contributed by atoms with Crippen LogP contribution in [0.4, 0.5) is 0 Å². The molecule has 0 aliphatic rings. The van der Waals surface area contributed by atoms with Crippen molar-refractivity contribution in [2.75, 3.05) is 6.61 Å². The lowest BCUT2D eigenvalue weighted by molar-refractivity contribution is 0.265. The van der Waals surface area contributed by atoms with Crippen LogP contribution >= 0.6 is 0 Å². The molecule has 2 atom stereocenters. The summed E-state index contributed by atoms with van der Waals surface area (Å²) in [6.45, 7) is 9.57. The molecule has 1 N–H and O–H groups in total. The second-order valence-corrected chi connectivity index (χ2v) is 4.77. The second-order valence-electron chi connectivity index (χ2n) is 4.77. The van der Waals surface area contributed by atoms with Gasteiger partial charge in [0.15, 0.2) is 0 Å². The standard InChI is InChI=1S/C12H26O/c1-10(2)12(4)8-7-11(3)6-5-9-13/h10-13H,5-9H2,1-4H3. The van der Waals surface area contributed by atoms with Gasteiger partial charge in [-0.15, -0.1) is 0 Å². The molecule has 0 aliphatic carbocycles. The predicted octanol–water partition coefficient (Wildman–Crippen LogP) is 3.47. The van der Waals surface area contributed by atoms with Gasteiger partial charge in [-0.25, -0.2) is 0 Å². The molecule has 0 aromatic carbocycles. The molecule has 13 heavy (non-hydrogen) atoms. The number of hydrogen-bond acceptors (Lipinski definition) is 1. The van der Waals surface area contributed by atoms with E-state index in [0.29, 0.717) is 6.61 Å². The Morgan fingerprint density at radius 2 is 1.54 bits per heavy atom. The van der Waals surface area contributed by atoms with Gasteiger partial charge in [0.05, 0.1) is 0 Å². The fourth-order valence-electron chi connectivity index (χ4n) is 1.46. The first kappa shape index (κ1) is 13.0. The van der Waals surface area contributed by atoms with Crippen LogP contribution < -0.4 is 0 Å². The van der Waals surface area contributed by atoms with Gasteiger partial charge < -0.3 is 5.11 Å². The van der Waals surface area contributed by atoms with Gasteiger partial charge >= 0.3 is 0 Å². The Kier molecular flexibility index (Phi) is 7.35. The Labute approximate surface area is 83.5 Å². The monoisotopic (exact) mass is 186 g/mol. The summed E-state index contributed by atoms with van der Waals surface area (Å²) in [5, 5.41) is 8.68. The van der Waals surface area contributed by atoms with E-state index in [1.807, 2.05) is 0 Å². The molecule has 80 valence electrons. The third-order valence-electron chi connectivity index (χ3n) is 3.11. The highest BCUT2D eigenvalue weighted by Crippen LogP contribution is 2.21. The Hall–Kier alpha value is -0.0400. The van der Waals surface area contributed by atoms with Crippen LogP contribution in [0.2, 0.25) is 0 Å². The van der Waals surface area contributed by atoms with E-state index in [0.717, 1.165) is 24.2 Å². The van der Waals surface area contributed by atoms with Crippen molar-refractivity contribution < 1.29 is 5.11 Å². The molecule has 1 heteroatoms. The molecule has 0 radical (unpaired) electrons. The quantitative estimate of drug-likeness (QED) is 0.645. The first-order valence-electron chi connectivity index (χ1n) is 5.68. The van der Waals surface area contributed by atoms with Crippen molar-refractivity contribution in [1.29, 1.82) is 0 Å². The second kappa shape index (κ2) is 7.37. The van der Waals surface area contributed by atoms with Crippen LogP contribution in [0.3, 0.4) is 0 Å². The van der Waals surface area contributed by atoms with Crippen molar-refractivity contribution in [1.82, 2.24) is 0 Å².